The van der Waals surface area contributed by atoms with E-state index in [0.29, 0.717) is 19.7 Å². The summed E-state index contributed by atoms with van der Waals surface area (Å²) in [5.74, 6) is 0.826. The number of methoxy groups -OCH3 is 1. The SMILES string of the molecule is COc1cccc(COCC(=O)N2CCN([C@H]3CCC[C@@H]3O)CC2)c1. The second kappa shape index (κ2) is 8.65. The molecule has 0 bridgehead atoms. The van der Waals surface area contributed by atoms with E-state index in [0.717, 1.165) is 43.7 Å². The number of aliphatic hydroxyl groups is 1. The van der Waals surface area contributed by atoms with Crippen LogP contribution < -0.4 is 4.74 Å². The number of piperazine rings is 1. The van der Waals surface area contributed by atoms with Crippen molar-refractivity contribution in [1.29, 1.82) is 0 Å². The van der Waals surface area contributed by atoms with Gasteiger partial charge < -0.3 is 19.5 Å². The zero-order valence-electron chi connectivity index (χ0n) is 14.9. The molecule has 1 saturated carbocycles. The Morgan fingerprint density at radius 1 is 1.24 bits per heavy atom. The van der Waals surface area contributed by atoms with Gasteiger partial charge in [-0.2, -0.15) is 0 Å². The zero-order valence-corrected chi connectivity index (χ0v) is 14.9. The molecule has 6 nitrogen and oxygen atoms in total. The molecule has 0 spiro atoms. The molecule has 1 saturated heterocycles. The smallest absolute Gasteiger partial charge is 0.248 e. The minimum atomic E-state index is -0.201. The zero-order chi connectivity index (χ0) is 17.6. The summed E-state index contributed by atoms with van der Waals surface area (Å²) in [4.78, 5) is 16.5. The summed E-state index contributed by atoms with van der Waals surface area (Å²) < 4.78 is 10.8. The summed E-state index contributed by atoms with van der Waals surface area (Å²) in [5.41, 5.74) is 0.993. The summed E-state index contributed by atoms with van der Waals surface area (Å²) in [6, 6.07) is 7.95. The number of hydrogen-bond donors (Lipinski definition) is 1. The highest BCUT2D eigenvalue weighted by atomic mass is 16.5. The highest BCUT2D eigenvalue weighted by Crippen LogP contribution is 2.25. The molecular formula is C19H28N2O4. The number of carbonyl (C=O) groups is 1. The van der Waals surface area contributed by atoms with Crippen LogP contribution in [-0.4, -0.2) is 72.9 Å². The number of benzene rings is 1. The van der Waals surface area contributed by atoms with E-state index < -0.39 is 0 Å². The van der Waals surface area contributed by atoms with E-state index in [1.165, 1.54) is 0 Å². The van der Waals surface area contributed by atoms with Crippen molar-refractivity contribution < 1.29 is 19.4 Å². The maximum Gasteiger partial charge on any atom is 0.248 e. The summed E-state index contributed by atoms with van der Waals surface area (Å²) in [7, 11) is 1.63. The number of aliphatic hydroxyl groups excluding tert-OH is 1. The van der Waals surface area contributed by atoms with Crippen molar-refractivity contribution in [3.63, 3.8) is 0 Å². The van der Waals surface area contributed by atoms with Crippen LogP contribution in [-0.2, 0) is 16.1 Å². The Hall–Kier alpha value is -1.63. The third-order valence-corrected chi connectivity index (χ3v) is 5.21. The maximum atomic E-state index is 12.3. The van der Waals surface area contributed by atoms with Crippen LogP contribution in [0.2, 0.25) is 0 Å². The number of amides is 1. The van der Waals surface area contributed by atoms with E-state index in [4.69, 9.17) is 9.47 Å². The summed E-state index contributed by atoms with van der Waals surface area (Å²) in [6.45, 7) is 3.60. The molecule has 0 radical (unpaired) electrons. The first-order chi connectivity index (χ1) is 12.2. The predicted octanol–water partition coefficient (Wildman–Crippen LogP) is 1.27. The van der Waals surface area contributed by atoms with Gasteiger partial charge in [-0.1, -0.05) is 12.1 Å². The van der Waals surface area contributed by atoms with Crippen LogP contribution >= 0.6 is 0 Å². The van der Waals surface area contributed by atoms with Crippen molar-refractivity contribution in [3.8, 4) is 5.75 Å². The van der Waals surface area contributed by atoms with Crippen LogP contribution in [0.3, 0.4) is 0 Å². The fourth-order valence-electron chi connectivity index (χ4n) is 3.76. The van der Waals surface area contributed by atoms with Crippen molar-refractivity contribution in [2.75, 3.05) is 39.9 Å². The van der Waals surface area contributed by atoms with Crippen molar-refractivity contribution in [1.82, 2.24) is 9.80 Å². The molecule has 1 heterocycles. The average Bonchev–Trinajstić information content (AvgIpc) is 3.08. The molecule has 0 unspecified atom stereocenters. The largest absolute Gasteiger partial charge is 0.497 e. The van der Waals surface area contributed by atoms with Gasteiger partial charge in [-0.05, 0) is 37.0 Å². The number of carbonyl (C=O) groups excluding carboxylic acids is 1. The Labute approximate surface area is 149 Å². The highest BCUT2D eigenvalue weighted by Gasteiger charge is 2.33. The monoisotopic (exact) mass is 348 g/mol. The van der Waals surface area contributed by atoms with E-state index in [9.17, 15) is 9.90 Å². The first-order valence-electron chi connectivity index (χ1n) is 9.08. The molecule has 1 aromatic carbocycles. The minimum absolute atomic E-state index is 0.0366. The van der Waals surface area contributed by atoms with Gasteiger partial charge in [0, 0.05) is 32.2 Å². The fraction of sp³-hybridized carbons (Fsp3) is 0.632. The number of rotatable bonds is 6. The van der Waals surface area contributed by atoms with E-state index in [1.807, 2.05) is 29.2 Å². The Balaban J connectivity index is 1.39. The molecule has 138 valence electrons. The van der Waals surface area contributed by atoms with Crippen molar-refractivity contribution in [2.45, 2.75) is 38.0 Å². The van der Waals surface area contributed by atoms with Crippen LogP contribution in [0.4, 0.5) is 0 Å². The molecule has 6 heteroatoms. The molecule has 1 aliphatic carbocycles. The Morgan fingerprint density at radius 3 is 2.72 bits per heavy atom. The second-order valence-corrected chi connectivity index (χ2v) is 6.83. The van der Waals surface area contributed by atoms with Crippen LogP contribution in [0, 0.1) is 0 Å². The lowest BCUT2D eigenvalue weighted by Crippen LogP contribution is -2.54. The van der Waals surface area contributed by atoms with Crippen LogP contribution in [0.25, 0.3) is 0 Å². The van der Waals surface area contributed by atoms with Crippen LogP contribution in [0.15, 0.2) is 24.3 Å². The van der Waals surface area contributed by atoms with Crippen molar-refractivity contribution in [2.24, 2.45) is 0 Å². The number of hydrogen-bond acceptors (Lipinski definition) is 5. The van der Waals surface area contributed by atoms with Crippen molar-refractivity contribution in [3.05, 3.63) is 29.8 Å². The third kappa shape index (κ3) is 4.71. The molecule has 0 aromatic heterocycles. The lowest BCUT2D eigenvalue weighted by atomic mass is 10.1. The molecule has 1 amide bonds. The maximum absolute atomic E-state index is 12.3. The van der Waals surface area contributed by atoms with Gasteiger partial charge in [0.1, 0.15) is 12.4 Å². The van der Waals surface area contributed by atoms with Gasteiger partial charge in [0.2, 0.25) is 5.91 Å². The predicted molar refractivity (Wildman–Crippen MR) is 94.4 cm³/mol. The molecule has 2 aliphatic rings. The first kappa shape index (κ1) is 18.2. The van der Waals surface area contributed by atoms with Gasteiger partial charge in [-0.3, -0.25) is 9.69 Å². The van der Waals surface area contributed by atoms with Gasteiger partial charge in [0.05, 0.1) is 19.8 Å². The van der Waals surface area contributed by atoms with E-state index in [-0.39, 0.29) is 24.7 Å². The van der Waals surface area contributed by atoms with Crippen LogP contribution in [0.5, 0.6) is 5.75 Å². The first-order valence-corrected chi connectivity index (χ1v) is 9.08. The summed E-state index contributed by atoms with van der Waals surface area (Å²) >= 11 is 0. The number of ether oxygens (including phenoxy) is 2. The Kier molecular flexibility index (Phi) is 6.29. The average molecular weight is 348 g/mol. The Bertz CT molecular complexity index is 572. The standard InChI is InChI=1S/C19H28N2O4/c1-24-16-5-2-4-15(12-16)13-25-14-19(23)21-10-8-20(9-11-21)17-6-3-7-18(17)22/h2,4-5,12,17-18,22H,3,6-11,13-14H2,1H3/t17-,18-/m0/s1. The molecule has 2 atom stereocenters. The summed E-state index contributed by atoms with van der Waals surface area (Å²) in [6.07, 6.45) is 2.87. The molecule has 1 aromatic rings. The van der Waals surface area contributed by atoms with E-state index in [1.54, 1.807) is 7.11 Å². The normalized spacial score (nSPS) is 24.5. The Morgan fingerprint density at radius 2 is 2.04 bits per heavy atom. The van der Waals surface area contributed by atoms with E-state index >= 15 is 0 Å². The minimum Gasteiger partial charge on any atom is -0.497 e. The highest BCUT2D eigenvalue weighted by molar-refractivity contribution is 5.77. The quantitative estimate of drug-likeness (QED) is 0.839. The van der Waals surface area contributed by atoms with Gasteiger partial charge in [0.15, 0.2) is 0 Å². The van der Waals surface area contributed by atoms with Crippen molar-refractivity contribution >= 4 is 5.91 Å². The third-order valence-electron chi connectivity index (χ3n) is 5.21. The van der Waals surface area contributed by atoms with Gasteiger partial charge in [-0.25, -0.2) is 0 Å². The van der Waals surface area contributed by atoms with Gasteiger partial charge in [-0.15, -0.1) is 0 Å². The fourth-order valence-corrected chi connectivity index (χ4v) is 3.76. The number of nitrogens with zero attached hydrogens (tertiary/aromatic N) is 2. The van der Waals surface area contributed by atoms with Gasteiger partial charge in [0.25, 0.3) is 0 Å². The molecular weight excluding hydrogens is 320 g/mol. The molecule has 2 fully saturated rings. The van der Waals surface area contributed by atoms with Crippen LogP contribution in [0.1, 0.15) is 24.8 Å². The van der Waals surface area contributed by atoms with E-state index in [2.05, 4.69) is 4.90 Å². The lowest BCUT2D eigenvalue weighted by molar-refractivity contribution is -0.138. The van der Waals surface area contributed by atoms with Gasteiger partial charge >= 0.3 is 0 Å². The molecule has 3 rings (SSSR count). The second-order valence-electron chi connectivity index (χ2n) is 6.83. The lowest BCUT2D eigenvalue weighted by Gasteiger charge is -2.39. The molecule has 1 aliphatic heterocycles. The molecule has 1 N–H and O–H groups in total. The topological polar surface area (TPSA) is 62.2 Å². The summed E-state index contributed by atoms with van der Waals surface area (Å²) in [5, 5.41) is 10.0. The molecule has 25 heavy (non-hydrogen) atoms.